The Balaban J connectivity index is 1.85. The number of likely N-dealkylation sites (N-methyl/N-ethyl adjacent to an activating group) is 1. The van der Waals surface area contributed by atoms with E-state index >= 15 is 0 Å². The first-order chi connectivity index (χ1) is 10.1. The number of carbonyl (C=O) groups is 2. The van der Waals surface area contributed by atoms with Gasteiger partial charge >= 0.3 is 12.0 Å². The summed E-state index contributed by atoms with van der Waals surface area (Å²) < 4.78 is 0. The zero-order valence-electron chi connectivity index (χ0n) is 12.0. The van der Waals surface area contributed by atoms with Gasteiger partial charge in [0, 0.05) is 12.6 Å². The molecule has 0 aliphatic carbocycles. The highest BCUT2D eigenvalue weighted by atomic mass is 16.4. The van der Waals surface area contributed by atoms with Gasteiger partial charge in [-0.05, 0) is 38.1 Å². The number of pyridine rings is 1. The number of aromatic carboxylic acids is 1. The van der Waals surface area contributed by atoms with Gasteiger partial charge in [-0.1, -0.05) is 6.92 Å². The number of nitrogens with zero attached hydrogens (tertiary/aromatic N) is 2. The molecule has 0 bridgehead atoms. The topological polar surface area (TPSA) is 94.6 Å². The molecule has 1 saturated heterocycles. The zero-order chi connectivity index (χ0) is 15.2. The minimum Gasteiger partial charge on any atom is -0.477 e. The number of piperidine rings is 1. The molecule has 1 unspecified atom stereocenters. The van der Waals surface area contributed by atoms with E-state index < -0.39 is 5.97 Å². The van der Waals surface area contributed by atoms with Gasteiger partial charge in [0.25, 0.3) is 0 Å². The lowest BCUT2D eigenvalue weighted by atomic mass is 10.1. The van der Waals surface area contributed by atoms with Gasteiger partial charge in [0.05, 0.1) is 11.9 Å². The van der Waals surface area contributed by atoms with E-state index in [-0.39, 0.29) is 17.8 Å². The molecule has 1 aliphatic heterocycles. The Morgan fingerprint density at radius 1 is 1.48 bits per heavy atom. The van der Waals surface area contributed by atoms with Crippen LogP contribution in [0.15, 0.2) is 18.3 Å². The molecule has 7 heteroatoms. The Morgan fingerprint density at radius 2 is 2.29 bits per heavy atom. The van der Waals surface area contributed by atoms with Crippen molar-refractivity contribution in [1.82, 2.24) is 15.2 Å². The molecule has 0 spiro atoms. The quantitative estimate of drug-likeness (QED) is 0.779. The second-order valence-corrected chi connectivity index (χ2v) is 5.07. The molecule has 0 radical (unpaired) electrons. The average molecular weight is 292 g/mol. The van der Waals surface area contributed by atoms with E-state index in [9.17, 15) is 9.59 Å². The SMILES string of the molecule is CCN1CCCC(NC(=O)Nc2ccc(C(=O)O)nc2)C1. The van der Waals surface area contributed by atoms with Crippen LogP contribution in [-0.2, 0) is 0 Å². The van der Waals surface area contributed by atoms with E-state index in [2.05, 4.69) is 27.4 Å². The lowest BCUT2D eigenvalue weighted by molar-refractivity contribution is 0.0690. The van der Waals surface area contributed by atoms with Crippen LogP contribution in [-0.4, -0.2) is 52.7 Å². The van der Waals surface area contributed by atoms with Crippen LogP contribution in [0.3, 0.4) is 0 Å². The molecule has 2 amide bonds. The van der Waals surface area contributed by atoms with E-state index in [1.54, 1.807) is 0 Å². The summed E-state index contributed by atoms with van der Waals surface area (Å²) >= 11 is 0. The number of carbonyl (C=O) groups excluding carboxylic acids is 1. The first-order valence-corrected chi connectivity index (χ1v) is 7.07. The van der Waals surface area contributed by atoms with Crippen LogP contribution in [0.4, 0.5) is 10.5 Å². The molecule has 21 heavy (non-hydrogen) atoms. The van der Waals surface area contributed by atoms with Crippen molar-refractivity contribution in [2.45, 2.75) is 25.8 Å². The van der Waals surface area contributed by atoms with Crippen molar-refractivity contribution in [1.29, 1.82) is 0 Å². The Kier molecular flexibility index (Phi) is 5.10. The highest BCUT2D eigenvalue weighted by Crippen LogP contribution is 2.10. The maximum atomic E-state index is 11.9. The molecule has 114 valence electrons. The summed E-state index contributed by atoms with van der Waals surface area (Å²) in [5, 5.41) is 14.4. The maximum absolute atomic E-state index is 11.9. The van der Waals surface area contributed by atoms with Crippen molar-refractivity contribution in [2.75, 3.05) is 25.0 Å². The Hall–Kier alpha value is -2.15. The average Bonchev–Trinajstić information content (AvgIpc) is 2.47. The molecule has 7 nitrogen and oxygen atoms in total. The normalized spacial score (nSPS) is 19.0. The van der Waals surface area contributed by atoms with Crippen molar-refractivity contribution in [3.05, 3.63) is 24.0 Å². The van der Waals surface area contributed by atoms with E-state index in [1.165, 1.54) is 18.3 Å². The van der Waals surface area contributed by atoms with Crippen molar-refractivity contribution in [3.8, 4) is 0 Å². The first-order valence-electron chi connectivity index (χ1n) is 7.07. The van der Waals surface area contributed by atoms with Gasteiger partial charge in [-0.25, -0.2) is 14.6 Å². The number of anilines is 1. The van der Waals surface area contributed by atoms with E-state index in [1.807, 2.05) is 0 Å². The van der Waals surface area contributed by atoms with E-state index in [4.69, 9.17) is 5.11 Å². The largest absolute Gasteiger partial charge is 0.477 e. The number of aromatic nitrogens is 1. The molecule has 2 heterocycles. The summed E-state index contributed by atoms with van der Waals surface area (Å²) in [6, 6.07) is 2.74. The van der Waals surface area contributed by atoms with Crippen molar-refractivity contribution >= 4 is 17.7 Å². The fraction of sp³-hybridized carbons (Fsp3) is 0.500. The third-order valence-electron chi connectivity index (χ3n) is 3.53. The third-order valence-corrected chi connectivity index (χ3v) is 3.53. The molecule has 0 saturated carbocycles. The van der Waals surface area contributed by atoms with Crippen LogP contribution < -0.4 is 10.6 Å². The van der Waals surface area contributed by atoms with Crippen LogP contribution in [0.5, 0.6) is 0 Å². The predicted octanol–water partition coefficient (Wildman–Crippen LogP) is 1.39. The number of amides is 2. The van der Waals surface area contributed by atoms with Crippen LogP contribution in [0.2, 0.25) is 0 Å². The highest BCUT2D eigenvalue weighted by Gasteiger charge is 2.20. The number of nitrogens with one attached hydrogen (secondary N) is 2. The molecule has 2 rings (SSSR count). The number of carboxylic acids is 1. The van der Waals surface area contributed by atoms with Gasteiger partial charge in [-0.2, -0.15) is 0 Å². The minimum atomic E-state index is -1.09. The highest BCUT2D eigenvalue weighted by molar-refractivity contribution is 5.90. The smallest absolute Gasteiger partial charge is 0.354 e. The minimum absolute atomic E-state index is 0.0492. The summed E-state index contributed by atoms with van der Waals surface area (Å²) in [7, 11) is 0. The van der Waals surface area contributed by atoms with E-state index in [0.717, 1.165) is 32.5 Å². The molecule has 1 aromatic rings. The van der Waals surface area contributed by atoms with Gasteiger partial charge < -0.3 is 20.6 Å². The standard InChI is InChI=1S/C14H20N4O3/c1-2-18-7-3-4-11(9-18)17-14(21)16-10-5-6-12(13(19)20)15-8-10/h5-6,8,11H,2-4,7,9H2,1H3,(H,19,20)(H2,16,17,21). The number of hydrogen-bond donors (Lipinski definition) is 3. The second kappa shape index (κ2) is 7.03. The van der Waals surface area contributed by atoms with E-state index in [0.29, 0.717) is 5.69 Å². The summed E-state index contributed by atoms with van der Waals surface area (Å²) in [4.78, 5) is 28.7. The van der Waals surface area contributed by atoms with Crippen LogP contribution in [0, 0.1) is 0 Å². The molecular formula is C14H20N4O3. The Bertz CT molecular complexity index is 503. The Labute approximate surface area is 123 Å². The molecule has 1 atom stereocenters. The van der Waals surface area contributed by atoms with Crippen LogP contribution >= 0.6 is 0 Å². The third kappa shape index (κ3) is 4.42. The van der Waals surface area contributed by atoms with Gasteiger partial charge in [0.15, 0.2) is 0 Å². The van der Waals surface area contributed by atoms with Crippen LogP contribution in [0.25, 0.3) is 0 Å². The lowest BCUT2D eigenvalue weighted by Gasteiger charge is -2.32. The second-order valence-electron chi connectivity index (χ2n) is 5.07. The maximum Gasteiger partial charge on any atom is 0.354 e. The lowest BCUT2D eigenvalue weighted by Crippen LogP contribution is -2.48. The first kappa shape index (κ1) is 15.2. The summed E-state index contributed by atoms with van der Waals surface area (Å²) in [6.45, 7) is 5.04. The zero-order valence-corrected chi connectivity index (χ0v) is 12.0. The number of likely N-dealkylation sites (tertiary alicyclic amines) is 1. The number of rotatable bonds is 4. The van der Waals surface area contributed by atoms with Crippen molar-refractivity contribution in [3.63, 3.8) is 0 Å². The number of carboxylic acid groups (broad SMARTS) is 1. The molecule has 3 N–H and O–H groups in total. The van der Waals surface area contributed by atoms with Gasteiger partial charge in [0.1, 0.15) is 5.69 Å². The monoisotopic (exact) mass is 292 g/mol. The molecule has 1 fully saturated rings. The molecule has 1 aromatic heterocycles. The number of hydrogen-bond acceptors (Lipinski definition) is 4. The van der Waals surface area contributed by atoms with Gasteiger partial charge in [0.2, 0.25) is 0 Å². The predicted molar refractivity (Wildman–Crippen MR) is 78.5 cm³/mol. The molecule has 0 aromatic carbocycles. The fourth-order valence-corrected chi connectivity index (χ4v) is 2.41. The molecular weight excluding hydrogens is 272 g/mol. The summed E-state index contributed by atoms with van der Waals surface area (Å²) in [5.41, 5.74) is 0.424. The Morgan fingerprint density at radius 3 is 2.90 bits per heavy atom. The number of urea groups is 1. The molecule has 1 aliphatic rings. The van der Waals surface area contributed by atoms with Gasteiger partial charge in [-0.15, -0.1) is 0 Å². The fourth-order valence-electron chi connectivity index (χ4n) is 2.41. The summed E-state index contributed by atoms with van der Waals surface area (Å²) in [6.07, 6.45) is 3.38. The summed E-state index contributed by atoms with van der Waals surface area (Å²) in [5.74, 6) is -1.09. The van der Waals surface area contributed by atoms with Crippen LogP contribution in [0.1, 0.15) is 30.3 Å². The van der Waals surface area contributed by atoms with Gasteiger partial charge in [-0.3, -0.25) is 0 Å². The van der Waals surface area contributed by atoms with Crippen molar-refractivity contribution < 1.29 is 14.7 Å². The van der Waals surface area contributed by atoms with Crippen molar-refractivity contribution in [2.24, 2.45) is 0 Å².